The van der Waals surface area contributed by atoms with E-state index in [0.29, 0.717) is 0 Å². The zero-order valence-corrected chi connectivity index (χ0v) is 14.5. The molecule has 0 saturated heterocycles. The summed E-state index contributed by atoms with van der Waals surface area (Å²) in [6.07, 6.45) is 0. The van der Waals surface area contributed by atoms with Gasteiger partial charge < -0.3 is 4.28 Å². The van der Waals surface area contributed by atoms with Crippen molar-refractivity contribution in [2.45, 2.75) is 0 Å². The summed E-state index contributed by atoms with van der Waals surface area (Å²) in [4.78, 5) is 0. The van der Waals surface area contributed by atoms with Crippen molar-refractivity contribution in [1.82, 2.24) is 0 Å². The van der Waals surface area contributed by atoms with E-state index in [9.17, 15) is 50.4 Å². The Morgan fingerprint density at radius 1 is 0.444 bits per heavy atom. The quantitative estimate of drug-likeness (QED) is 0.115. The number of rotatable bonds is 0. The second-order valence-electron chi connectivity index (χ2n) is 0.767. The van der Waals surface area contributed by atoms with Crippen LogP contribution in [0.5, 0.6) is 0 Å². The molecule has 0 aromatic carbocycles. The summed E-state index contributed by atoms with van der Waals surface area (Å²) in [7, 11) is -16.5. The van der Waals surface area contributed by atoms with Gasteiger partial charge in [0, 0.05) is 0 Å². The zero-order chi connectivity index (χ0) is 16.3. The van der Waals surface area contributed by atoms with Crippen LogP contribution in [0.4, 0.5) is 50.4 Å². The van der Waals surface area contributed by atoms with E-state index in [2.05, 4.69) is 34.5 Å². The average Bonchev–Trinajstić information content (AvgIpc) is 2.01. The van der Waals surface area contributed by atoms with Crippen molar-refractivity contribution >= 4 is 55.2 Å². The first-order valence-corrected chi connectivity index (χ1v) is 11.4. The van der Waals surface area contributed by atoms with Gasteiger partial charge in [-0.15, -0.1) is 0 Å². The third kappa shape index (κ3) is 1090. The molecule has 0 aliphatic heterocycles. The minimum absolute atomic E-state index is 0. The van der Waals surface area contributed by atoms with Crippen molar-refractivity contribution < 1.29 is 69.4 Å². The molecule has 0 unspecified atom stereocenters. The third-order valence-corrected chi connectivity index (χ3v) is 0. The fourth-order valence-electron chi connectivity index (χ4n) is 0. The molecule has 0 amide bonds. The second kappa shape index (κ2) is 31.6. The molecule has 0 rings (SSSR count). The summed E-state index contributed by atoms with van der Waals surface area (Å²) in [6, 6.07) is 0. The van der Waals surface area contributed by atoms with Crippen LogP contribution in [-0.2, 0) is 14.8 Å². The van der Waals surface area contributed by atoms with E-state index in [1.807, 2.05) is 0 Å². The molecule has 0 atom stereocenters. The summed E-state index contributed by atoms with van der Waals surface area (Å²) >= 11 is 4.40. The molecule has 0 bridgehead atoms. The van der Waals surface area contributed by atoms with Gasteiger partial charge in [0.1, 0.15) is 0 Å². The molecule has 18 heavy (non-hydrogen) atoms. The molecule has 0 nitrogen and oxygen atoms in total. The molecular formula is H3F12IP4Ru. The molecular weight excluding hydrogens is 580 g/mol. The molecule has 0 heterocycles. The molecule has 0 saturated carbocycles. The average molecular weight is 583 g/mol. The molecule has 0 fully saturated rings. The van der Waals surface area contributed by atoms with Crippen LogP contribution in [0.3, 0.4) is 0 Å². The summed E-state index contributed by atoms with van der Waals surface area (Å²) in [5.41, 5.74) is 0. The predicted molar refractivity (Wildman–Crippen MR) is 58.3 cm³/mol. The summed E-state index contributed by atoms with van der Waals surface area (Å²) in [5.74, 6) is 0. The monoisotopic (exact) mass is 584 g/mol. The molecule has 0 aliphatic rings. The number of hydrogen-bond donors (Lipinski definition) is 0. The standard InChI is InChI=1S/4F3P.HI.Ru.3H/c4*1-4(2)3;;;;;/h;;;;1H;;;;/q;;;;;+4;3*-1/p-1. The van der Waals surface area contributed by atoms with Crippen molar-refractivity contribution in [3.05, 3.63) is 0 Å². The number of hydrogen-bond acceptors (Lipinski definition) is 0. The maximum atomic E-state index is 9.73. The zero-order valence-electron chi connectivity index (χ0n) is 10.1. The Labute approximate surface area is 124 Å². The SMILES string of the molecule is FP(F)F.FP(F)F.FP(F)F.FP(F)F.[H-].[H-].[H-].[Ru+3][I]. The number of halogens is 13. The van der Waals surface area contributed by atoms with Gasteiger partial charge in [-0.2, -0.15) is 50.4 Å². The van der Waals surface area contributed by atoms with Crippen LogP contribution < -0.4 is 0 Å². The van der Waals surface area contributed by atoms with Crippen LogP contribution in [0.2, 0.25) is 0 Å². The third-order valence-electron chi connectivity index (χ3n) is 0. The first kappa shape index (κ1) is 32.3. The Hall–Kier alpha value is 2.23. The Kier molecular flexibility index (Phi) is 56.6. The molecule has 0 aliphatic carbocycles. The maximum absolute atomic E-state index is 9.73. The van der Waals surface area contributed by atoms with Crippen LogP contribution in [0.25, 0.3) is 0 Å². The Bertz CT molecular complexity index is 79.5. The van der Waals surface area contributed by atoms with Crippen molar-refractivity contribution in [1.29, 1.82) is 0 Å². The van der Waals surface area contributed by atoms with Gasteiger partial charge in [0.2, 0.25) is 0 Å². The van der Waals surface area contributed by atoms with Gasteiger partial charge in [-0.3, -0.25) is 0 Å². The van der Waals surface area contributed by atoms with E-state index in [4.69, 9.17) is 0 Å². The van der Waals surface area contributed by atoms with E-state index in [1.165, 1.54) is 0 Å². The van der Waals surface area contributed by atoms with Crippen molar-refractivity contribution in [3.63, 3.8) is 0 Å². The first-order valence-electron chi connectivity index (χ1n) is 2.16. The second-order valence-corrected chi connectivity index (χ2v) is 2.30. The molecule has 122 valence electrons. The van der Waals surface area contributed by atoms with E-state index in [0.717, 1.165) is 0 Å². The first-order chi connectivity index (χ1) is 7.93. The van der Waals surface area contributed by atoms with Crippen LogP contribution in [0.15, 0.2) is 0 Å². The van der Waals surface area contributed by atoms with Gasteiger partial charge in [-0.1, -0.05) is 0 Å². The minimum atomic E-state index is -4.12. The van der Waals surface area contributed by atoms with Crippen LogP contribution in [-0.4, -0.2) is 0 Å². The van der Waals surface area contributed by atoms with E-state index in [-0.39, 0.29) is 4.28 Å². The molecule has 18 heteroatoms. The molecule has 0 spiro atoms. The van der Waals surface area contributed by atoms with Crippen molar-refractivity contribution in [2.75, 3.05) is 0 Å². The fourth-order valence-corrected chi connectivity index (χ4v) is 0. The Balaban J connectivity index is -0.0000000164. The molecule has 0 aromatic heterocycles. The fraction of sp³-hybridized carbons (Fsp3) is 0. The molecule has 0 aromatic rings. The molecule has 0 N–H and O–H groups in total. The van der Waals surface area contributed by atoms with Gasteiger partial charge in [-0.05, 0) is 0 Å². The van der Waals surface area contributed by atoms with E-state index in [1.54, 1.807) is 0 Å². The Morgan fingerprint density at radius 2 is 0.444 bits per heavy atom. The van der Waals surface area contributed by atoms with Crippen molar-refractivity contribution in [3.8, 4) is 0 Å². The van der Waals surface area contributed by atoms with Crippen LogP contribution in [0, 0.1) is 0 Å². The van der Waals surface area contributed by atoms with Gasteiger partial charge in [0.05, 0.1) is 0 Å². The van der Waals surface area contributed by atoms with Gasteiger partial charge in [0.15, 0.2) is 0 Å². The van der Waals surface area contributed by atoms with Gasteiger partial charge >= 0.3 is 70.0 Å². The van der Waals surface area contributed by atoms with Gasteiger partial charge in [-0.25, -0.2) is 0 Å². The van der Waals surface area contributed by atoms with Gasteiger partial charge in [0.25, 0.3) is 0 Å². The van der Waals surface area contributed by atoms with E-state index < -0.39 is 35.4 Å². The van der Waals surface area contributed by atoms with Crippen molar-refractivity contribution in [2.24, 2.45) is 0 Å². The molecule has 0 radical (unpaired) electrons. The Morgan fingerprint density at radius 3 is 0.444 bits per heavy atom. The summed E-state index contributed by atoms with van der Waals surface area (Å²) in [5, 5.41) is 0. The summed E-state index contributed by atoms with van der Waals surface area (Å²) < 4.78 is 117. The van der Waals surface area contributed by atoms with E-state index >= 15 is 0 Å². The topological polar surface area (TPSA) is 0 Å². The van der Waals surface area contributed by atoms with Crippen LogP contribution in [0.1, 0.15) is 4.28 Å². The normalized spacial score (nSPS) is 8.28. The summed E-state index contributed by atoms with van der Waals surface area (Å²) in [6.45, 7) is 0. The predicted octanol–water partition coefficient (Wildman–Crippen LogP) is 9.71. The van der Waals surface area contributed by atoms with Crippen LogP contribution >= 0.6 is 55.2 Å².